The number of carbonyl (C=O) groups is 2. The van der Waals surface area contributed by atoms with Crippen molar-refractivity contribution >= 4 is 34.5 Å². The van der Waals surface area contributed by atoms with Crippen LogP contribution in [0.3, 0.4) is 0 Å². The van der Waals surface area contributed by atoms with E-state index in [2.05, 4.69) is 23.7 Å². The second-order valence-electron chi connectivity index (χ2n) is 6.83. The highest BCUT2D eigenvalue weighted by Gasteiger charge is 2.30. The molecule has 1 atom stereocenters. The molecule has 1 aliphatic rings. The van der Waals surface area contributed by atoms with E-state index in [-0.39, 0.29) is 17.9 Å². The molecule has 28 heavy (non-hydrogen) atoms. The predicted molar refractivity (Wildman–Crippen MR) is 114 cm³/mol. The van der Waals surface area contributed by atoms with Crippen LogP contribution in [-0.4, -0.2) is 23.3 Å². The third kappa shape index (κ3) is 3.75. The summed E-state index contributed by atoms with van der Waals surface area (Å²) in [7, 11) is 0. The second-order valence-corrected chi connectivity index (χ2v) is 8.78. The molecule has 2 amide bonds. The average Bonchev–Trinajstić information content (AvgIpc) is 3.43. The van der Waals surface area contributed by atoms with E-state index in [4.69, 9.17) is 0 Å². The largest absolute Gasteiger partial charge is 0.347 e. The summed E-state index contributed by atoms with van der Waals surface area (Å²) in [5.41, 5.74) is 2.98. The number of hydrogen-bond acceptors (Lipinski definition) is 4. The van der Waals surface area contributed by atoms with Crippen LogP contribution in [-0.2, 0) is 13.0 Å². The van der Waals surface area contributed by atoms with Gasteiger partial charge in [0, 0.05) is 23.5 Å². The highest BCUT2D eigenvalue weighted by Crippen LogP contribution is 2.36. The second kappa shape index (κ2) is 8.29. The van der Waals surface area contributed by atoms with Gasteiger partial charge in [-0.2, -0.15) is 0 Å². The molecule has 0 radical (unpaired) electrons. The molecule has 144 valence electrons. The van der Waals surface area contributed by atoms with Gasteiger partial charge in [-0.05, 0) is 59.0 Å². The van der Waals surface area contributed by atoms with Gasteiger partial charge < -0.3 is 10.2 Å². The lowest BCUT2D eigenvalue weighted by molar-refractivity contribution is 0.0657. The van der Waals surface area contributed by atoms with E-state index in [1.807, 2.05) is 46.7 Å². The highest BCUT2D eigenvalue weighted by atomic mass is 32.1. The maximum atomic E-state index is 13.1. The van der Waals surface area contributed by atoms with Crippen molar-refractivity contribution in [3.05, 3.63) is 79.7 Å². The Kier molecular flexibility index (Phi) is 5.59. The molecule has 0 fully saturated rings. The highest BCUT2D eigenvalue weighted by molar-refractivity contribution is 7.12. The molecule has 0 bridgehead atoms. The van der Waals surface area contributed by atoms with Gasteiger partial charge in [0.2, 0.25) is 0 Å². The molecule has 6 heteroatoms. The van der Waals surface area contributed by atoms with Gasteiger partial charge in [-0.3, -0.25) is 9.59 Å². The first-order valence-electron chi connectivity index (χ1n) is 9.45. The van der Waals surface area contributed by atoms with E-state index < -0.39 is 0 Å². The Labute approximate surface area is 172 Å². The molecule has 0 aliphatic carbocycles. The van der Waals surface area contributed by atoms with Crippen LogP contribution in [0.15, 0.2) is 53.2 Å². The molecular formula is C22H22N2O2S2. The summed E-state index contributed by atoms with van der Waals surface area (Å²) >= 11 is 3.22. The first-order valence-corrected chi connectivity index (χ1v) is 11.2. The van der Waals surface area contributed by atoms with Gasteiger partial charge in [-0.1, -0.05) is 25.1 Å². The third-order valence-corrected chi connectivity index (χ3v) is 7.01. The Morgan fingerprint density at radius 1 is 1.11 bits per heavy atom. The number of thiophene rings is 2. The quantitative estimate of drug-likeness (QED) is 0.651. The SMILES string of the molecule is CCC1c2ccsc2CCN1C(=O)c1ccc(CNC(=O)c2cccs2)cc1. The van der Waals surface area contributed by atoms with Gasteiger partial charge in [-0.15, -0.1) is 22.7 Å². The minimum Gasteiger partial charge on any atom is -0.347 e. The molecule has 0 spiro atoms. The molecule has 0 saturated heterocycles. The molecule has 3 aromatic rings. The van der Waals surface area contributed by atoms with Crippen LogP contribution in [0.5, 0.6) is 0 Å². The van der Waals surface area contributed by atoms with Gasteiger partial charge in [0.1, 0.15) is 0 Å². The lowest BCUT2D eigenvalue weighted by atomic mass is 9.96. The first kappa shape index (κ1) is 18.9. The number of nitrogens with one attached hydrogen (secondary N) is 1. The fraction of sp³-hybridized carbons (Fsp3) is 0.273. The Balaban J connectivity index is 1.42. The number of nitrogens with zero attached hydrogens (tertiary/aromatic N) is 1. The number of rotatable bonds is 5. The summed E-state index contributed by atoms with van der Waals surface area (Å²) in [5, 5.41) is 6.93. The van der Waals surface area contributed by atoms with Crippen LogP contribution in [0.2, 0.25) is 0 Å². The Bertz CT molecular complexity index is 961. The zero-order valence-electron chi connectivity index (χ0n) is 15.7. The molecule has 4 rings (SSSR count). The molecule has 1 unspecified atom stereocenters. The zero-order valence-corrected chi connectivity index (χ0v) is 17.3. The fourth-order valence-corrected chi connectivity index (χ4v) is 5.26. The Morgan fingerprint density at radius 3 is 2.64 bits per heavy atom. The van der Waals surface area contributed by atoms with Crippen molar-refractivity contribution in [3.8, 4) is 0 Å². The normalized spacial score (nSPS) is 15.9. The molecule has 1 aromatic carbocycles. The van der Waals surface area contributed by atoms with Crippen LogP contribution in [0.4, 0.5) is 0 Å². The van der Waals surface area contributed by atoms with Crippen molar-refractivity contribution in [3.63, 3.8) is 0 Å². The number of amides is 2. The van der Waals surface area contributed by atoms with E-state index in [9.17, 15) is 9.59 Å². The zero-order chi connectivity index (χ0) is 19.5. The van der Waals surface area contributed by atoms with Crippen molar-refractivity contribution < 1.29 is 9.59 Å². The molecule has 1 N–H and O–H groups in total. The average molecular weight is 411 g/mol. The van der Waals surface area contributed by atoms with E-state index in [1.165, 1.54) is 21.8 Å². The predicted octanol–water partition coefficient (Wildman–Crippen LogP) is 4.89. The van der Waals surface area contributed by atoms with Crippen molar-refractivity contribution in [1.82, 2.24) is 10.2 Å². The third-order valence-electron chi connectivity index (χ3n) is 5.14. The van der Waals surface area contributed by atoms with Crippen molar-refractivity contribution in [2.75, 3.05) is 6.54 Å². The van der Waals surface area contributed by atoms with Crippen LogP contribution in [0, 0.1) is 0 Å². The summed E-state index contributed by atoms with van der Waals surface area (Å²) in [4.78, 5) is 29.3. The lowest BCUT2D eigenvalue weighted by Crippen LogP contribution is -2.39. The van der Waals surface area contributed by atoms with Crippen LogP contribution in [0.25, 0.3) is 0 Å². The van der Waals surface area contributed by atoms with Crippen LogP contribution >= 0.6 is 22.7 Å². The number of fused-ring (bicyclic) bond motifs is 1. The Hall–Kier alpha value is -2.44. The van der Waals surface area contributed by atoms with Gasteiger partial charge in [0.15, 0.2) is 0 Å². The fourth-order valence-electron chi connectivity index (χ4n) is 3.69. The lowest BCUT2D eigenvalue weighted by Gasteiger charge is -2.35. The summed E-state index contributed by atoms with van der Waals surface area (Å²) in [6, 6.07) is 13.6. The minimum absolute atomic E-state index is 0.0687. The van der Waals surface area contributed by atoms with Gasteiger partial charge in [-0.25, -0.2) is 0 Å². The molecular weight excluding hydrogens is 388 g/mol. The summed E-state index contributed by atoms with van der Waals surface area (Å²) in [6.45, 7) is 3.35. The van der Waals surface area contributed by atoms with Crippen LogP contribution in [0.1, 0.15) is 55.4 Å². The smallest absolute Gasteiger partial charge is 0.261 e. The summed E-state index contributed by atoms with van der Waals surface area (Å²) < 4.78 is 0. The number of carbonyl (C=O) groups excluding carboxylic acids is 2. The molecule has 2 aromatic heterocycles. The van der Waals surface area contributed by atoms with Gasteiger partial charge >= 0.3 is 0 Å². The van der Waals surface area contributed by atoms with E-state index in [1.54, 1.807) is 11.3 Å². The minimum atomic E-state index is -0.0687. The van der Waals surface area contributed by atoms with Gasteiger partial charge in [0.05, 0.1) is 10.9 Å². The van der Waals surface area contributed by atoms with Crippen molar-refractivity contribution in [1.29, 1.82) is 0 Å². The topological polar surface area (TPSA) is 49.4 Å². The molecule has 3 heterocycles. The maximum absolute atomic E-state index is 13.1. The number of hydrogen-bond donors (Lipinski definition) is 1. The van der Waals surface area contributed by atoms with E-state index in [0.29, 0.717) is 17.0 Å². The van der Waals surface area contributed by atoms with Crippen molar-refractivity contribution in [2.24, 2.45) is 0 Å². The number of benzene rings is 1. The van der Waals surface area contributed by atoms with E-state index in [0.717, 1.165) is 24.9 Å². The monoisotopic (exact) mass is 410 g/mol. The van der Waals surface area contributed by atoms with Gasteiger partial charge in [0.25, 0.3) is 11.8 Å². The summed E-state index contributed by atoms with van der Waals surface area (Å²) in [6.07, 6.45) is 1.85. The molecule has 1 aliphatic heterocycles. The van der Waals surface area contributed by atoms with Crippen molar-refractivity contribution in [2.45, 2.75) is 32.4 Å². The Morgan fingerprint density at radius 2 is 1.93 bits per heavy atom. The maximum Gasteiger partial charge on any atom is 0.261 e. The van der Waals surface area contributed by atoms with E-state index >= 15 is 0 Å². The first-order chi connectivity index (χ1) is 13.7. The molecule has 0 saturated carbocycles. The summed E-state index contributed by atoms with van der Waals surface area (Å²) in [5.74, 6) is 0.0127. The molecule has 4 nitrogen and oxygen atoms in total. The van der Waals surface area contributed by atoms with Crippen LogP contribution < -0.4 is 5.32 Å². The standard InChI is InChI=1S/C22H22N2O2S2/c1-2-18-17-10-13-28-19(17)9-11-24(18)22(26)16-7-5-15(6-8-16)14-23-21(25)20-4-3-12-27-20/h3-8,10,12-13,18H,2,9,11,14H2,1H3,(H,23,25).